The van der Waals surface area contributed by atoms with Crippen LogP contribution in [0.1, 0.15) is 149 Å². The maximum absolute atomic E-state index is 12.8. The normalized spacial score (nSPS) is 20.5. The van der Waals surface area contributed by atoms with Crippen LogP contribution in [-0.2, 0) is 46.3 Å². The van der Waals surface area contributed by atoms with Gasteiger partial charge >= 0.3 is 33.3 Å². The third kappa shape index (κ3) is 31.6. The molecule has 1 saturated heterocycles. The van der Waals surface area contributed by atoms with E-state index in [9.17, 15) is 53.7 Å². The molecule has 22 heteroatoms. The number of esters is 2. The molecule has 1 fully saturated rings. The summed E-state index contributed by atoms with van der Waals surface area (Å²) in [6.07, 6.45) is 29.3. The molecule has 2 unspecified atom stereocenters. The van der Waals surface area contributed by atoms with Crippen LogP contribution in [0.3, 0.4) is 0 Å². The first-order valence-electron chi connectivity index (χ1n) is 25.5. The number of hydrogen-bond acceptors (Lipinski definition) is 17. The van der Waals surface area contributed by atoms with Gasteiger partial charge in [0.1, 0.15) is 30.7 Å². The summed E-state index contributed by atoms with van der Waals surface area (Å²) in [7, 11) is -10.9. The van der Waals surface area contributed by atoms with Crippen LogP contribution >= 0.6 is 15.6 Å². The number of carbonyl (C=O) groups excluding carboxylic acids is 2. The van der Waals surface area contributed by atoms with E-state index >= 15 is 0 Å². The molecule has 0 bridgehead atoms. The monoisotopic (exact) mass is 1070 g/mol. The third-order valence-electron chi connectivity index (χ3n) is 11.2. The Morgan fingerprint density at radius 3 is 1.95 bits per heavy atom. The zero-order valence-corrected chi connectivity index (χ0v) is 44.6. The number of rotatable bonds is 40. The molecule has 1 aliphatic rings. The van der Waals surface area contributed by atoms with Crippen LogP contribution < -0.4 is 11.4 Å². The lowest BCUT2D eigenvalue weighted by molar-refractivity contribution is -0.161. The SMILES string of the molecule is CC/C=C\C[C@H](O)/C=C/C=C\C=C\[C@H](O)C/C=C\C/C=C\CCC(=O)O[C@H](COC(=O)CCCCCCCCCCCCCC(C)C)COP(=O)(O)OP(=O)(O)OC[C@H]1O[C@@H](n2ccc(N)nc2=O)[C@H](O)[C@@H]1O. The molecule has 20 nitrogen and oxygen atoms in total. The van der Waals surface area contributed by atoms with Crippen molar-refractivity contribution in [3.05, 3.63) is 95.7 Å². The predicted molar refractivity (Wildman–Crippen MR) is 277 cm³/mol. The van der Waals surface area contributed by atoms with Crippen molar-refractivity contribution in [2.75, 3.05) is 25.6 Å². The van der Waals surface area contributed by atoms with Crippen molar-refractivity contribution in [2.24, 2.45) is 5.92 Å². The standard InChI is InChI=1S/C51H83N3O17P2/c1-4-5-21-29-41(55)31-24-19-20-25-32-42(56)30-23-16-13-14-18-27-34-47(58)69-43(37-66-46(57)33-26-17-12-10-8-6-7-9-11-15-22-28-40(2)3)38-67-72(62,63)71-73(64,65)68-39-44-48(59)49(60)50(70-44)54-36-35-45(52)53-51(54)61/h5,14,16,18-21,23-25,31-32,35-36,40-44,48-50,55-56,59-60H,4,6-13,15,17,22,26-30,33-34,37-39H2,1-3H3,(H,62,63)(H,64,65)(H2,52,53,61)/b18-14-,20-19-,21-5-,23-16-,31-24+,32-25+/t41-,42+,43+,44+,48+,49+,50+/m0/s1. The van der Waals surface area contributed by atoms with Crippen LogP contribution in [0.15, 0.2) is 90.0 Å². The second kappa shape index (κ2) is 37.8. The molecule has 8 N–H and O–H groups in total. The van der Waals surface area contributed by atoms with Gasteiger partial charge in [0, 0.05) is 19.0 Å². The maximum Gasteiger partial charge on any atom is 0.481 e. The Hall–Kier alpha value is -3.88. The van der Waals surface area contributed by atoms with Gasteiger partial charge in [0.25, 0.3) is 0 Å². The minimum atomic E-state index is -5.47. The number of aromatic nitrogens is 2. The summed E-state index contributed by atoms with van der Waals surface area (Å²) in [4.78, 5) is 61.9. The van der Waals surface area contributed by atoms with Crippen LogP contribution in [0.2, 0.25) is 0 Å². The number of phosphoric ester groups is 2. The average molecular weight is 1070 g/mol. The van der Waals surface area contributed by atoms with Crippen LogP contribution in [0.5, 0.6) is 0 Å². The van der Waals surface area contributed by atoms with E-state index in [1.54, 1.807) is 48.6 Å². The predicted octanol–water partition coefficient (Wildman–Crippen LogP) is 8.30. The molecule has 9 atom stereocenters. The van der Waals surface area contributed by atoms with Gasteiger partial charge in [0.05, 0.1) is 25.4 Å². The van der Waals surface area contributed by atoms with Crippen LogP contribution in [0, 0.1) is 5.92 Å². The fourth-order valence-corrected chi connectivity index (χ4v) is 9.28. The highest BCUT2D eigenvalue weighted by molar-refractivity contribution is 7.61. The highest BCUT2D eigenvalue weighted by Gasteiger charge is 2.46. The van der Waals surface area contributed by atoms with Crippen molar-refractivity contribution in [2.45, 2.75) is 186 Å². The van der Waals surface area contributed by atoms with Gasteiger partial charge in [-0.1, -0.05) is 164 Å². The molecule has 0 saturated carbocycles. The lowest BCUT2D eigenvalue weighted by Crippen LogP contribution is -2.36. The molecule has 0 aromatic carbocycles. The van der Waals surface area contributed by atoms with Crippen molar-refractivity contribution < 1.29 is 76.5 Å². The topological polar surface area (TPSA) is 306 Å². The fourth-order valence-electron chi connectivity index (χ4n) is 7.17. The van der Waals surface area contributed by atoms with Gasteiger partial charge < -0.3 is 50.2 Å². The Morgan fingerprint density at radius 1 is 0.767 bits per heavy atom. The number of nitrogen functional groups attached to an aromatic ring is 1. The van der Waals surface area contributed by atoms with Gasteiger partial charge in [-0.05, 0) is 50.5 Å². The van der Waals surface area contributed by atoms with E-state index in [-0.39, 0.29) is 25.1 Å². The molecule has 0 aliphatic carbocycles. The Kier molecular flexibility index (Phi) is 33.8. The van der Waals surface area contributed by atoms with Crippen molar-refractivity contribution in [1.82, 2.24) is 9.55 Å². The number of hydrogen-bond donors (Lipinski definition) is 7. The number of anilines is 1. The molecule has 2 heterocycles. The molecular formula is C51H83N3O17P2. The van der Waals surface area contributed by atoms with E-state index in [2.05, 4.69) is 23.1 Å². The summed E-state index contributed by atoms with van der Waals surface area (Å²) < 4.78 is 56.6. The van der Waals surface area contributed by atoms with Crippen molar-refractivity contribution in [3.63, 3.8) is 0 Å². The quantitative estimate of drug-likeness (QED) is 0.0107. The smallest absolute Gasteiger partial charge is 0.462 e. The van der Waals surface area contributed by atoms with Crippen LogP contribution in [-0.4, -0.2) is 108 Å². The minimum Gasteiger partial charge on any atom is -0.462 e. The zero-order chi connectivity index (χ0) is 53.9. The first-order valence-corrected chi connectivity index (χ1v) is 28.5. The lowest BCUT2D eigenvalue weighted by atomic mass is 10.0. The van der Waals surface area contributed by atoms with E-state index in [0.717, 1.165) is 48.8 Å². The molecule has 0 radical (unpaired) electrons. The average Bonchev–Trinajstić information content (AvgIpc) is 3.61. The summed E-state index contributed by atoms with van der Waals surface area (Å²) in [5, 5.41) is 41.0. The minimum absolute atomic E-state index is 0.0869. The number of aliphatic hydroxyl groups excluding tert-OH is 4. The molecule has 0 spiro atoms. The van der Waals surface area contributed by atoms with Crippen LogP contribution in [0.4, 0.5) is 5.82 Å². The number of allylic oxidation sites excluding steroid dienone is 8. The van der Waals surface area contributed by atoms with Gasteiger partial charge in [0.2, 0.25) is 0 Å². The molecule has 1 aromatic heterocycles. The number of carbonyl (C=O) groups is 2. The van der Waals surface area contributed by atoms with Crippen LogP contribution in [0.25, 0.3) is 0 Å². The van der Waals surface area contributed by atoms with E-state index in [1.807, 2.05) is 31.2 Å². The summed E-state index contributed by atoms with van der Waals surface area (Å²) in [5.74, 6) is -0.726. The molecule has 0 amide bonds. The first kappa shape index (κ1) is 65.2. The number of aliphatic hydroxyl groups is 4. The van der Waals surface area contributed by atoms with E-state index in [0.29, 0.717) is 25.7 Å². The number of nitrogens with two attached hydrogens (primary N) is 1. The van der Waals surface area contributed by atoms with E-state index in [4.69, 9.17) is 29.0 Å². The second-order valence-corrected chi connectivity index (χ2v) is 21.2. The number of unbranched alkanes of at least 4 members (excludes halogenated alkanes) is 10. The van der Waals surface area contributed by atoms with Crippen molar-refractivity contribution in [3.8, 4) is 0 Å². The summed E-state index contributed by atoms with van der Waals surface area (Å²) in [6.45, 7) is 4.08. The van der Waals surface area contributed by atoms with Crippen molar-refractivity contribution in [1.29, 1.82) is 0 Å². The van der Waals surface area contributed by atoms with Crippen molar-refractivity contribution >= 4 is 33.4 Å². The molecule has 1 aliphatic heterocycles. The van der Waals surface area contributed by atoms with Gasteiger partial charge in [-0.25, -0.2) is 13.9 Å². The third-order valence-corrected chi connectivity index (χ3v) is 13.8. The molecule has 2 rings (SSSR count). The van der Waals surface area contributed by atoms with Gasteiger partial charge in [-0.15, -0.1) is 0 Å². The highest BCUT2D eigenvalue weighted by Crippen LogP contribution is 2.60. The Labute approximate surface area is 430 Å². The lowest BCUT2D eigenvalue weighted by Gasteiger charge is -2.21. The summed E-state index contributed by atoms with van der Waals surface area (Å²) in [5.41, 5.74) is 4.57. The van der Waals surface area contributed by atoms with E-state index < -0.39 is 95.9 Å². The molecule has 73 heavy (non-hydrogen) atoms. The Balaban J connectivity index is 1.87. The Morgan fingerprint density at radius 2 is 1.34 bits per heavy atom. The zero-order valence-electron chi connectivity index (χ0n) is 42.8. The van der Waals surface area contributed by atoms with Gasteiger partial charge in [-0.2, -0.15) is 9.29 Å². The maximum atomic E-state index is 12.8. The molecular weight excluding hydrogens is 989 g/mol. The number of ether oxygens (including phenoxy) is 3. The number of phosphoric acid groups is 2. The summed E-state index contributed by atoms with van der Waals surface area (Å²) in [6, 6.07) is 1.23. The van der Waals surface area contributed by atoms with Gasteiger partial charge in [0.15, 0.2) is 12.3 Å². The Bertz CT molecular complexity index is 2060. The highest BCUT2D eigenvalue weighted by atomic mass is 31.3. The summed E-state index contributed by atoms with van der Waals surface area (Å²) >= 11 is 0. The fraction of sp³-hybridized carbons (Fsp3) is 0.647. The molecule has 1 aromatic rings. The van der Waals surface area contributed by atoms with Gasteiger partial charge in [-0.3, -0.25) is 23.2 Å². The molecule has 414 valence electrons. The first-order chi connectivity index (χ1) is 34.8. The largest absolute Gasteiger partial charge is 0.481 e. The van der Waals surface area contributed by atoms with E-state index in [1.165, 1.54) is 51.0 Å². The second-order valence-electron chi connectivity index (χ2n) is 18.2. The number of nitrogens with zero attached hydrogens (tertiary/aromatic N) is 2.